The molecular formula is C19H39N5O2S2. The summed E-state index contributed by atoms with van der Waals surface area (Å²) >= 11 is 1.82. The van der Waals surface area contributed by atoms with Crippen molar-refractivity contribution in [3.63, 3.8) is 0 Å². The first-order valence-corrected chi connectivity index (χ1v) is 13.4. The Morgan fingerprint density at radius 2 is 1.68 bits per heavy atom. The van der Waals surface area contributed by atoms with Gasteiger partial charge in [0.15, 0.2) is 5.96 Å². The van der Waals surface area contributed by atoms with Crippen molar-refractivity contribution in [3.8, 4) is 0 Å². The number of aliphatic imine (C=N–C) groups is 1. The van der Waals surface area contributed by atoms with Crippen LogP contribution in [0, 0.1) is 5.92 Å². The van der Waals surface area contributed by atoms with Gasteiger partial charge in [0.1, 0.15) is 0 Å². The molecule has 2 heterocycles. The van der Waals surface area contributed by atoms with Crippen LogP contribution in [0.2, 0.25) is 0 Å². The summed E-state index contributed by atoms with van der Waals surface area (Å²) < 4.78 is 26.5. The molecule has 2 rings (SSSR count). The summed E-state index contributed by atoms with van der Waals surface area (Å²) in [5.41, 5.74) is 0. The van der Waals surface area contributed by atoms with E-state index in [0.717, 1.165) is 18.1 Å². The van der Waals surface area contributed by atoms with Gasteiger partial charge in [-0.25, -0.2) is 12.7 Å². The van der Waals surface area contributed by atoms with Crippen LogP contribution < -0.4 is 10.6 Å². The van der Waals surface area contributed by atoms with Crippen molar-refractivity contribution >= 4 is 27.7 Å². The van der Waals surface area contributed by atoms with Gasteiger partial charge < -0.3 is 10.6 Å². The molecule has 0 aliphatic carbocycles. The van der Waals surface area contributed by atoms with Crippen molar-refractivity contribution in [1.82, 2.24) is 19.8 Å². The third kappa shape index (κ3) is 7.72. The summed E-state index contributed by atoms with van der Waals surface area (Å²) in [6, 6.07) is 0.464. The molecule has 28 heavy (non-hydrogen) atoms. The smallest absolute Gasteiger partial charge is 0.215 e. The van der Waals surface area contributed by atoms with Gasteiger partial charge in [-0.1, -0.05) is 26.7 Å². The molecule has 0 aromatic carbocycles. The highest BCUT2D eigenvalue weighted by atomic mass is 32.2. The minimum absolute atomic E-state index is 0.109. The van der Waals surface area contributed by atoms with Gasteiger partial charge in [-0.15, -0.1) is 0 Å². The normalized spacial score (nSPS) is 22.1. The molecule has 7 nitrogen and oxygen atoms in total. The summed E-state index contributed by atoms with van der Waals surface area (Å²) in [6.45, 7) is 9.35. The van der Waals surface area contributed by atoms with Crippen LogP contribution in [0.4, 0.5) is 0 Å². The van der Waals surface area contributed by atoms with Gasteiger partial charge >= 0.3 is 0 Å². The van der Waals surface area contributed by atoms with E-state index >= 15 is 0 Å². The first kappa shape index (κ1) is 23.8. The molecule has 2 aliphatic heterocycles. The van der Waals surface area contributed by atoms with E-state index in [-0.39, 0.29) is 5.75 Å². The van der Waals surface area contributed by atoms with Gasteiger partial charge in [0, 0.05) is 50.8 Å². The number of thioether (sulfide) groups is 1. The zero-order valence-corrected chi connectivity index (χ0v) is 19.5. The number of rotatable bonds is 8. The molecular weight excluding hydrogens is 394 g/mol. The molecule has 1 atom stereocenters. The number of sulfonamides is 1. The Morgan fingerprint density at radius 3 is 2.25 bits per heavy atom. The van der Waals surface area contributed by atoms with Crippen molar-refractivity contribution in [1.29, 1.82) is 0 Å². The maximum atomic E-state index is 12.5. The molecule has 0 spiro atoms. The van der Waals surface area contributed by atoms with Crippen molar-refractivity contribution in [3.05, 3.63) is 0 Å². The summed E-state index contributed by atoms with van der Waals surface area (Å²) in [4.78, 5) is 6.89. The van der Waals surface area contributed by atoms with Crippen LogP contribution in [0.25, 0.3) is 0 Å². The molecule has 2 saturated heterocycles. The Bertz CT molecular complexity index is 569. The lowest BCUT2D eigenvalue weighted by atomic mass is 10.0. The van der Waals surface area contributed by atoms with Crippen LogP contribution in [-0.4, -0.2) is 93.2 Å². The maximum Gasteiger partial charge on any atom is 0.215 e. The second-order valence-electron chi connectivity index (χ2n) is 7.97. The second-order valence-corrected chi connectivity index (χ2v) is 11.3. The van der Waals surface area contributed by atoms with E-state index in [1.54, 1.807) is 11.4 Å². The first-order chi connectivity index (χ1) is 13.4. The fourth-order valence-corrected chi connectivity index (χ4v) is 6.38. The van der Waals surface area contributed by atoms with Crippen LogP contribution >= 0.6 is 11.8 Å². The Hall–Kier alpha value is -0.510. The van der Waals surface area contributed by atoms with Gasteiger partial charge in [0.2, 0.25) is 10.0 Å². The molecule has 0 amide bonds. The SMILES string of the molecule is CN=C(NCCS(=O)(=O)N1CCSCC1)NCC(C(C)C)N1CCCCCC1. The van der Waals surface area contributed by atoms with Crippen LogP contribution in [0.1, 0.15) is 39.5 Å². The van der Waals surface area contributed by atoms with E-state index in [9.17, 15) is 8.42 Å². The molecule has 0 saturated carbocycles. The Morgan fingerprint density at radius 1 is 1.04 bits per heavy atom. The molecule has 0 radical (unpaired) electrons. The van der Waals surface area contributed by atoms with Crippen molar-refractivity contribution in [2.45, 2.75) is 45.6 Å². The molecule has 9 heteroatoms. The highest BCUT2D eigenvalue weighted by Crippen LogP contribution is 2.17. The van der Waals surface area contributed by atoms with E-state index in [1.807, 2.05) is 11.8 Å². The van der Waals surface area contributed by atoms with Gasteiger partial charge in [0.05, 0.1) is 5.75 Å². The molecule has 0 aromatic rings. The fraction of sp³-hybridized carbons (Fsp3) is 0.947. The number of guanidine groups is 1. The lowest BCUT2D eigenvalue weighted by molar-refractivity contribution is 0.161. The number of likely N-dealkylation sites (tertiary alicyclic amines) is 1. The van der Waals surface area contributed by atoms with E-state index in [0.29, 0.717) is 37.6 Å². The van der Waals surface area contributed by atoms with E-state index < -0.39 is 10.0 Å². The predicted molar refractivity (Wildman–Crippen MR) is 121 cm³/mol. The average Bonchev–Trinajstić information content (AvgIpc) is 2.96. The zero-order valence-electron chi connectivity index (χ0n) is 17.8. The summed E-state index contributed by atoms with van der Waals surface area (Å²) in [6.07, 6.45) is 5.23. The molecule has 0 bridgehead atoms. The van der Waals surface area contributed by atoms with Crippen LogP contribution in [-0.2, 0) is 10.0 Å². The topological polar surface area (TPSA) is 77.0 Å². The highest BCUT2D eigenvalue weighted by molar-refractivity contribution is 7.99. The largest absolute Gasteiger partial charge is 0.355 e. The van der Waals surface area contributed by atoms with Crippen molar-refractivity contribution in [2.24, 2.45) is 10.9 Å². The number of nitrogens with one attached hydrogen (secondary N) is 2. The van der Waals surface area contributed by atoms with E-state index in [2.05, 4.69) is 34.4 Å². The van der Waals surface area contributed by atoms with Crippen LogP contribution in [0.5, 0.6) is 0 Å². The third-order valence-corrected chi connectivity index (χ3v) is 8.41. The molecule has 2 aliphatic rings. The molecule has 164 valence electrons. The lowest BCUT2D eigenvalue weighted by Gasteiger charge is -2.34. The standard InChI is InChI=1S/C19H39N5O2S2/c1-17(2)18(23-9-6-4-5-7-10-23)16-22-19(20-3)21-8-15-28(25,26)24-11-13-27-14-12-24/h17-18H,4-16H2,1-3H3,(H2,20,21,22). The van der Waals surface area contributed by atoms with Crippen molar-refractivity contribution < 1.29 is 8.42 Å². The first-order valence-electron chi connectivity index (χ1n) is 10.7. The minimum Gasteiger partial charge on any atom is -0.355 e. The monoisotopic (exact) mass is 433 g/mol. The molecule has 2 fully saturated rings. The second kappa shape index (κ2) is 12.2. The number of hydrogen-bond acceptors (Lipinski definition) is 5. The summed E-state index contributed by atoms with van der Waals surface area (Å²) in [5, 5.41) is 6.60. The highest BCUT2D eigenvalue weighted by Gasteiger charge is 2.25. The van der Waals surface area contributed by atoms with Crippen molar-refractivity contribution in [2.75, 3.05) is 63.6 Å². The lowest BCUT2D eigenvalue weighted by Crippen LogP contribution is -2.50. The van der Waals surface area contributed by atoms with Gasteiger partial charge in [-0.05, 0) is 31.8 Å². The van der Waals surface area contributed by atoms with Gasteiger partial charge in [0.25, 0.3) is 0 Å². The number of nitrogens with zero attached hydrogens (tertiary/aromatic N) is 3. The maximum absolute atomic E-state index is 12.5. The fourth-order valence-electron chi connectivity index (χ4n) is 3.89. The Balaban J connectivity index is 1.79. The Labute approximate surface area is 176 Å². The molecule has 0 aromatic heterocycles. The van der Waals surface area contributed by atoms with Gasteiger partial charge in [-0.2, -0.15) is 11.8 Å². The van der Waals surface area contributed by atoms with Gasteiger partial charge in [-0.3, -0.25) is 9.89 Å². The minimum atomic E-state index is -3.19. The third-order valence-electron chi connectivity index (χ3n) is 5.60. The predicted octanol–water partition coefficient (Wildman–Crippen LogP) is 1.43. The van der Waals surface area contributed by atoms with Crippen LogP contribution in [0.15, 0.2) is 4.99 Å². The molecule has 2 N–H and O–H groups in total. The van der Waals surface area contributed by atoms with Crippen LogP contribution in [0.3, 0.4) is 0 Å². The van der Waals surface area contributed by atoms with E-state index in [1.165, 1.54) is 38.8 Å². The molecule has 1 unspecified atom stereocenters. The Kier molecular flexibility index (Phi) is 10.4. The average molecular weight is 434 g/mol. The quantitative estimate of drug-likeness (QED) is 0.445. The number of hydrogen-bond donors (Lipinski definition) is 2. The van der Waals surface area contributed by atoms with E-state index in [4.69, 9.17) is 0 Å². The zero-order chi connectivity index (χ0) is 20.4. The summed E-state index contributed by atoms with van der Waals surface area (Å²) in [7, 11) is -1.45. The summed E-state index contributed by atoms with van der Waals surface area (Å²) in [5.74, 6) is 3.13.